The van der Waals surface area contributed by atoms with Gasteiger partial charge in [0, 0.05) is 49.8 Å². The van der Waals surface area contributed by atoms with E-state index in [2.05, 4.69) is 5.32 Å². The number of morpholine rings is 1. The summed E-state index contributed by atoms with van der Waals surface area (Å²) in [6, 6.07) is 12.9. The van der Waals surface area contributed by atoms with Gasteiger partial charge < -0.3 is 19.9 Å². The molecule has 8 heteroatoms. The number of nitrogens with one attached hydrogen (secondary N) is 1. The monoisotopic (exact) mass is 481 g/mol. The summed E-state index contributed by atoms with van der Waals surface area (Å²) in [7, 11) is 0. The molecule has 2 heterocycles. The number of halogens is 1. The first kappa shape index (κ1) is 24.9. The van der Waals surface area contributed by atoms with Gasteiger partial charge in [0.2, 0.25) is 5.91 Å². The number of nitrogens with zero attached hydrogens (tertiary/aromatic N) is 2. The van der Waals surface area contributed by atoms with Crippen molar-refractivity contribution >= 4 is 17.7 Å². The predicted octanol–water partition coefficient (Wildman–Crippen LogP) is 3.24. The topological polar surface area (TPSA) is 79.0 Å². The zero-order chi connectivity index (χ0) is 24.9. The Kier molecular flexibility index (Phi) is 7.80. The average molecular weight is 482 g/mol. The van der Waals surface area contributed by atoms with E-state index >= 15 is 0 Å². The van der Waals surface area contributed by atoms with Gasteiger partial charge in [0.25, 0.3) is 11.8 Å². The van der Waals surface area contributed by atoms with Crippen LogP contribution in [0.4, 0.5) is 4.39 Å². The van der Waals surface area contributed by atoms with Crippen molar-refractivity contribution in [3.8, 4) is 0 Å². The fourth-order valence-corrected chi connectivity index (χ4v) is 4.74. The first-order chi connectivity index (χ1) is 16.8. The van der Waals surface area contributed by atoms with E-state index in [1.54, 1.807) is 17.0 Å². The number of rotatable bonds is 5. The maximum atomic E-state index is 13.1. The third-order valence-corrected chi connectivity index (χ3v) is 6.62. The number of amides is 3. The van der Waals surface area contributed by atoms with E-state index in [1.165, 1.54) is 24.3 Å². The van der Waals surface area contributed by atoms with Crippen molar-refractivity contribution in [2.24, 2.45) is 5.92 Å². The highest BCUT2D eigenvalue weighted by molar-refractivity contribution is 5.95. The zero-order valence-corrected chi connectivity index (χ0v) is 20.2. The second kappa shape index (κ2) is 11.0. The van der Waals surface area contributed by atoms with E-state index in [9.17, 15) is 18.8 Å². The maximum absolute atomic E-state index is 13.1. The molecule has 4 rings (SSSR count). The molecule has 0 aliphatic carbocycles. The molecule has 2 unspecified atom stereocenters. The van der Waals surface area contributed by atoms with Gasteiger partial charge in [-0.05, 0) is 68.7 Å². The summed E-state index contributed by atoms with van der Waals surface area (Å²) in [6.07, 6.45) is 1.21. The Bertz CT molecular complexity index is 1040. The molecule has 3 amide bonds. The lowest BCUT2D eigenvalue weighted by Gasteiger charge is -2.35. The largest absolute Gasteiger partial charge is 0.372 e. The Morgan fingerprint density at radius 3 is 1.94 bits per heavy atom. The average Bonchev–Trinajstić information content (AvgIpc) is 2.86. The van der Waals surface area contributed by atoms with E-state index in [4.69, 9.17) is 4.74 Å². The summed E-state index contributed by atoms with van der Waals surface area (Å²) in [5.41, 5.74) is 2.00. The number of carbonyl (C=O) groups excluding carboxylic acids is 3. The van der Waals surface area contributed by atoms with E-state index in [0.717, 1.165) is 5.56 Å². The number of ether oxygens (including phenoxy) is 1. The van der Waals surface area contributed by atoms with E-state index in [0.29, 0.717) is 56.7 Å². The van der Waals surface area contributed by atoms with Gasteiger partial charge in [0.05, 0.1) is 12.2 Å². The Morgan fingerprint density at radius 2 is 1.37 bits per heavy atom. The van der Waals surface area contributed by atoms with Gasteiger partial charge in [0.1, 0.15) is 5.82 Å². The van der Waals surface area contributed by atoms with Gasteiger partial charge in [-0.1, -0.05) is 12.1 Å². The van der Waals surface area contributed by atoms with Gasteiger partial charge in [-0.2, -0.15) is 0 Å². The Labute approximate surface area is 205 Å². The molecule has 7 nitrogen and oxygen atoms in total. The molecule has 0 saturated carbocycles. The molecule has 0 radical (unpaired) electrons. The molecule has 35 heavy (non-hydrogen) atoms. The minimum absolute atomic E-state index is 0.00969. The van der Waals surface area contributed by atoms with Crippen molar-refractivity contribution in [3.63, 3.8) is 0 Å². The molecule has 2 aromatic carbocycles. The third-order valence-electron chi connectivity index (χ3n) is 6.62. The molecule has 2 aromatic rings. The second-order valence-electron chi connectivity index (χ2n) is 9.46. The minimum Gasteiger partial charge on any atom is -0.372 e. The third kappa shape index (κ3) is 6.25. The number of hydrogen-bond donors (Lipinski definition) is 1. The van der Waals surface area contributed by atoms with Crippen LogP contribution in [0.3, 0.4) is 0 Å². The van der Waals surface area contributed by atoms with Crippen molar-refractivity contribution in [1.82, 2.24) is 15.1 Å². The van der Waals surface area contributed by atoms with Crippen molar-refractivity contribution in [2.45, 2.75) is 45.4 Å². The van der Waals surface area contributed by atoms with Crippen LogP contribution in [0.1, 0.15) is 53.0 Å². The number of benzene rings is 2. The number of piperidine rings is 1. The van der Waals surface area contributed by atoms with E-state index in [-0.39, 0.29) is 41.7 Å². The molecule has 0 aromatic heterocycles. The highest BCUT2D eigenvalue weighted by Gasteiger charge is 2.28. The number of hydrogen-bond acceptors (Lipinski definition) is 4. The molecule has 186 valence electrons. The highest BCUT2D eigenvalue weighted by Crippen LogP contribution is 2.20. The van der Waals surface area contributed by atoms with Crippen molar-refractivity contribution < 1.29 is 23.5 Å². The number of carbonyl (C=O) groups is 3. The fraction of sp³-hybridized carbons (Fsp3) is 0.444. The van der Waals surface area contributed by atoms with Crippen LogP contribution in [0.15, 0.2) is 48.5 Å². The van der Waals surface area contributed by atoms with Gasteiger partial charge in [0.15, 0.2) is 0 Å². The normalized spacial score (nSPS) is 21.0. The molecule has 0 spiro atoms. The molecular weight excluding hydrogens is 449 g/mol. The van der Waals surface area contributed by atoms with Crippen LogP contribution in [0.25, 0.3) is 0 Å². The summed E-state index contributed by atoms with van der Waals surface area (Å²) < 4.78 is 18.8. The second-order valence-corrected chi connectivity index (χ2v) is 9.46. The Balaban J connectivity index is 1.23. The fourth-order valence-electron chi connectivity index (χ4n) is 4.74. The lowest BCUT2D eigenvalue weighted by molar-refractivity contribution is -0.126. The standard InChI is InChI=1S/C27H32FN3O4/c1-18-16-31(17-19(2)35-18)27(34)22-5-3-20(4-6-22)15-29-25(32)21-11-13-30(14-12-21)26(33)23-7-9-24(28)10-8-23/h3-10,18-19,21H,11-17H2,1-2H3,(H,29,32). The SMILES string of the molecule is CC1CN(C(=O)c2ccc(CNC(=O)C3CCN(C(=O)c4ccc(F)cc4)CC3)cc2)CC(C)O1. The van der Waals surface area contributed by atoms with E-state index < -0.39 is 0 Å². The minimum atomic E-state index is -0.375. The Morgan fingerprint density at radius 1 is 0.857 bits per heavy atom. The summed E-state index contributed by atoms with van der Waals surface area (Å²) in [4.78, 5) is 41.6. The van der Waals surface area contributed by atoms with Crippen LogP contribution >= 0.6 is 0 Å². The van der Waals surface area contributed by atoms with Crippen molar-refractivity contribution in [3.05, 3.63) is 71.0 Å². The first-order valence-electron chi connectivity index (χ1n) is 12.2. The van der Waals surface area contributed by atoms with Crippen LogP contribution in [0.2, 0.25) is 0 Å². The molecule has 1 N–H and O–H groups in total. The summed E-state index contributed by atoms with van der Waals surface area (Å²) in [5.74, 6) is -0.711. The van der Waals surface area contributed by atoms with Crippen LogP contribution < -0.4 is 5.32 Å². The molecule has 0 bridgehead atoms. The molecule has 2 aliphatic heterocycles. The van der Waals surface area contributed by atoms with Crippen molar-refractivity contribution in [1.29, 1.82) is 0 Å². The van der Waals surface area contributed by atoms with Crippen LogP contribution in [-0.4, -0.2) is 65.9 Å². The van der Waals surface area contributed by atoms with Gasteiger partial charge in [-0.25, -0.2) is 4.39 Å². The predicted molar refractivity (Wildman–Crippen MR) is 129 cm³/mol. The lowest BCUT2D eigenvalue weighted by atomic mass is 9.95. The Hall–Kier alpha value is -3.26. The van der Waals surface area contributed by atoms with Crippen molar-refractivity contribution in [2.75, 3.05) is 26.2 Å². The summed E-state index contributed by atoms with van der Waals surface area (Å²) in [6.45, 7) is 6.45. The van der Waals surface area contributed by atoms with E-state index in [1.807, 2.05) is 30.9 Å². The smallest absolute Gasteiger partial charge is 0.254 e. The molecule has 2 aliphatic rings. The molecule has 2 atom stereocenters. The number of likely N-dealkylation sites (tertiary alicyclic amines) is 1. The maximum Gasteiger partial charge on any atom is 0.254 e. The first-order valence-corrected chi connectivity index (χ1v) is 12.2. The van der Waals surface area contributed by atoms with Crippen LogP contribution in [0, 0.1) is 11.7 Å². The quantitative estimate of drug-likeness (QED) is 0.711. The molecular formula is C27H32FN3O4. The molecule has 2 saturated heterocycles. The lowest BCUT2D eigenvalue weighted by Crippen LogP contribution is -2.48. The summed E-state index contributed by atoms with van der Waals surface area (Å²) in [5, 5.41) is 2.98. The molecule has 2 fully saturated rings. The van der Waals surface area contributed by atoms with Gasteiger partial charge >= 0.3 is 0 Å². The summed E-state index contributed by atoms with van der Waals surface area (Å²) >= 11 is 0. The van der Waals surface area contributed by atoms with Crippen LogP contribution in [0.5, 0.6) is 0 Å². The van der Waals surface area contributed by atoms with Gasteiger partial charge in [-0.15, -0.1) is 0 Å². The van der Waals surface area contributed by atoms with Gasteiger partial charge in [-0.3, -0.25) is 14.4 Å². The zero-order valence-electron chi connectivity index (χ0n) is 20.2. The highest BCUT2D eigenvalue weighted by atomic mass is 19.1. The van der Waals surface area contributed by atoms with Crippen LogP contribution in [-0.2, 0) is 16.1 Å².